The molecule has 2 aliphatic heterocycles. The van der Waals surface area contributed by atoms with E-state index in [1.54, 1.807) is 0 Å². The number of hydrogen-bond donors (Lipinski definition) is 1. The third-order valence-corrected chi connectivity index (χ3v) is 4.94. The molecule has 2 fully saturated rings. The van der Waals surface area contributed by atoms with Gasteiger partial charge < -0.3 is 15.4 Å². The second-order valence-corrected chi connectivity index (χ2v) is 6.52. The molecule has 1 amide bonds. The van der Waals surface area contributed by atoms with Gasteiger partial charge in [-0.3, -0.25) is 4.79 Å². The molecule has 1 aromatic rings. The monoisotopic (exact) mass is 338 g/mol. The lowest BCUT2D eigenvalue weighted by atomic mass is 9.90. The molecule has 0 saturated carbocycles. The highest BCUT2D eigenvalue weighted by Crippen LogP contribution is 2.25. The van der Waals surface area contributed by atoms with Gasteiger partial charge in [-0.1, -0.05) is 30.3 Å². The van der Waals surface area contributed by atoms with Crippen molar-refractivity contribution in [2.24, 2.45) is 11.7 Å². The number of carbonyl (C=O) groups is 1. The van der Waals surface area contributed by atoms with Crippen LogP contribution in [0.2, 0.25) is 0 Å². The van der Waals surface area contributed by atoms with Crippen LogP contribution in [0.3, 0.4) is 0 Å². The molecule has 0 aromatic heterocycles. The maximum atomic E-state index is 12.5. The molecule has 0 bridgehead atoms. The van der Waals surface area contributed by atoms with Crippen molar-refractivity contribution < 1.29 is 9.53 Å². The van der Waals surface area contributed by atoms with Crippen molar-refractivity contribution in [2.45, 2.75) is 44.3 Å². The molecule has 0 radical (unpaired) electrons. The predicted molar refractivity (Wildman–Crippen MR) is 93.6 cm³/mol. The largest absolute Gasteiger partial charge is 0.364 e. The van der Waals surface area contributed by atoms with Crippen LogP contribution in [0.4, 0.5) is 0 Å². The van der Waals surface area contributed by atoms with Crippen LogP contribution in [0.1, 0.15) is 31.2 Å². The molecular formula is C18H27ClN2O2. The van der Waals surface area contributed by atoms with Gasteiger partial charge in [0.2, 0.25) is 0 Å². The first-order chi connectivity index (χ1) is 10.8. The van der Waals surface area contributed by atoms with Crippen molar-refractivity contribution in [1.82, 2.24) is 4.90 Å². The van der Waals surface area contributed by atoms with E-state index in [1.807, 2.05) is 4.90 Å². The molecular weight excluding hydrogens is 312 g/mol. The second kappa shape index (κ2) is 8.67. The number of nitrogens with zero attached hydrogens (tertiary/aromatic N) is 1. The van der Waals surface area contributed by atoms with E-state index in [9.17, 15) is 4.79 Å². The van der Waals surface area contributed by atoms with Gasteiger partial charge in [-0.05, 0) is 43.6 Å². The van der Waals surface area contributed by atoms with E-state index in [2.05, 4.69) is 30.3 Å². The number of rotatable bonds is 4. The summed E-state index contributed by atoms with van der Waals surface area (Å²) in [4.78, 5) is 14.5. The Bertz CT molecular complexity index is 489. The Labute approximate surface area is 144 Å². The minimum Gasteiger partial charge on any atom is -0.364 e. The van der Waals surface area contributed by atoms with E-state index in [0.717, 1.165) is 45.2 Å². The van der Waals surface area contributed by atoms with Crippen molar-refractivity contribution >= 4 is 18.3 Å². The zero-order valence-electron chi connectivity index (χ0n) is 13.5. The van der Waals surface area contributed by atoms with Crippen LogP contribution < -0.4 is 5.73 Å². The summed E-state index contributed by atoms with van der Waals surface area (Å²) in [5, 5.41) is 0. The van der Waals surface area contributed by atoms with Crippen molar-refractivity contribution in [1.29, 1.82) is 0 Å². The van der Waals surface area contributed by atoms with Gasteiger partial charge in [-0.2, -0.15) is 0 Å². The van der Waals surface area contributed by atoms with Gasteiger partial charge in [-0.15, -0.1) is 12.4 Å². The molecule has 1 aromatic carbocycles. The summed E-state index contributed by atoms with van der Waals surface area (Å²) in [5.74, 6) is 0.863. The van der Waals surface area contributed by atoms with Crippen molar-refractivity contribution in [3.05, 3.63) is 35.9 Å². The summed E-state index contributed by atoms with van der Waals surface area (Å²) in [6.45, 7) is 2.25. The highest BCUT2D eigenvalue weighted by Gasteiger charge is 2.34. The lowest BCUT2D eigenvalue weighted by Gasteiger charge is -2.33. The molecule has 23 heavy (non-hydrogen) atoms. The molecule has 5 heteroatoms. The van der Waals surface area contributed by atoms with Crippen LogP contribution in [0.5, 0.6) is 0 Å². The number of likely N-dealkylation sites (tertiary alicyclic amines) is 1. The third kappa shape index (κ3) is 4.69. The quantitative estimate of drug-likeness (QED) is 0.917. The van der Waals surface area contributed by atoms with Gasteiger partial charge in [-0.25, -0.2) is 0 Å². The van der Waals surface area contributed by atoms with Crippen LogP contribution in [0.25, 0.3) is 0 Å². The predicted octanol–water partition coefficient (Wildman–Crippen LogP) is 2.40. The maximum absolute atomic E-state index is 12.5. The first kappa shape index (κ1) is 18.2. The second-order valence-electron chi connectivity index (χ2n) is 6.52. The number of amides is 1. The van der Waals surface area contributed by atoms with E-state index in [4.69, 9.17) is 10.5 Å². The molecule has 2 aliphatic rings. The van der Waals surface area contributed by atoms with E-state index < -0.39 is 0 Å². The molecule has 128 valence electrons. The van der Waals surface area contributed by atoms with Crippen molar-refractivity contribution in [3.63, 3.8) is 0 Å². The fourth-order valence-electron chi connectivity index (χ4n) is 3.57. The summed E-state index contributed by atoms with van der Waals surface area (Å²) in [7, 11) is 0. The Morgan fingerprint density at radius 2 is 1.83 bits per heavy atom. The minimum absolute atomic E-state index is 0. The number of nitrogens with two attached hydrogens (primary N) is 1. The molecule has 2 N–H and O–H groups in total. The molecule has 0 aliphatic carbocycles. The summed E-state index contributed by atoms with van der Waals surface area (Å²) in [5.41, 5.74) is 7.02. The Hall–Kier alpha value is -1.10. The average molecular weight is 339 g/mol. The Kier molecular flexibility index (Phi) is 6.88. The van der Waals surface area contributed by atoms with Gasteiger partial charge in [0.1, 0.15) is 6.10 Å². The SMILES string of the molecule is Cl.NC[C@H]1CC[C@@H](C(=O)N2CCC(Cc3ccccc3)CC2)O1. The first-order valence-electron chi connectivity index (χ1n) is 8.44. The van der Waals surface area contributed by atoms with Gasteiger partial charge in [0.05, 0.1) is 6.10 Å². The molecule has 4 nitrogen and oxygen atoms in total. The Balaban J connectivity index is 0.00000192. The standard InChI is InChI=1S/C18H26N2O2.ClH/c19-13-16-6-7-17(22-16)18(21)20-10-8-15(9-11-20)12-14-4-2-1-3-5-14;/h1-5,15-17H,6-13,19H2;1H/t16-,17+;/m1./s1. The lowest BCUT2D eigenvalue weighted by Crippen LogP contribution is -2.44. The highest BCUT2D eigenvalue weighted by atomic mass is 35.5. The van der Waals surface area contributed by atoms with Gasteiger partial charge >= 0.3 is 0 Å². The van der Waals surface area contributed by atoms with Crippen molar-refractivity contribution in [3.8, 4) is 0 Å². The maximum Gasteiger partial charge on any atom is 0.251 e. The number of hydrogen-bond acceptors (Lipinski definition) is 3. The number of ether oxygens (including phenoxy) is 1. The fraction of sp³-hybridized carbons (Fsp3) is 0.611. The van der Waals surface area contributed by atoms with Crippen LogP contribution >= 0.6 is 12.4 Å². The highest BCUT2D eigenvalue weighted by molar-refractivity contribution is 5.85. The number of halogens is 1. The number of benzene rings is 1. The topological polar surface area (TPSA) is 55.6 Å². The molecule has 2 saturated heterocycles. The van der Waals surface area contributed by atoms with Crippen molar-refractivity contribution in [2.75, 3.05) is 19.6 Å². The molecule has 2 atom stereocenters. The van der Waals surface area contributed by atoms with Crippen LogP contribution in [0.15, 0.2) is 30.3 Å². The van der Waals surface area contributed by atoms with Gasteiger partial charge in [0.15, 0.2) is 0 Å². The first-order valence-corrected chi connectivity index (χ1v) is 8.44. The number of carbonyl (C=O) groups excluding carboxylic acids is 1. The van der Waals surface area contributed by atoms with E-state index in [1.165, 1.54) is 5.56 Å². The van der Waals surface area contributed by atoms with Crippen LogP contribution in [-0.4, -0.2) is 42.6 Å². The van der Waals surface area contributed by atoms with E-state index in [0.29, 0.717) is 12.5 Å². The number of piperidine rings is 1. The smallest absolute Gasteiger partial charge is 0.251 e. The fourth-order valence-corrected chi connectivity index (χ4v) is 3.57. The molecule has 0 spiro atoms. The van der Waals surface area contributed by atoms with E-state index >= 15 is 0 Å². The Morgan fingerprint density at radius 3 is 2.43 bits per heavy atom. The zero-order valence-corrected chi connectivity index (χ0v) is 14.3. The normalized spacial score (nSPS) is 25.2. The van der Waals surface area contributed by atoms with Crippen LogP contribution in [-0.2, 0) is 16.0 Å². The summed E-state index contributed by atoms with van der Waals surface area (Å²) in [6, 6.07) is 10.6. The average Bonchev–Trinajstić information content (AvgIpc) is 3.05. The minimum atomic E-state index is -0.251. The molecule has 2 heterocycles. The summed E-state index contributed by atoms with van der Waals surface area (Å²) in [6.07, 6.45) is 4.87. The van der Waals surface area contributed by atoms with Gasteiger partial charge in [0.25, 0.3) is 5.91 Å². The third-order valence-electron chi connectivity index (χ3n) is 4.94. The molecule has 0 unspecified atom stereocenters. The van der Waals surface area contributed by atoms with E-state index in [-0.39, 0.29) is 30.5 Å². The van der Waals surface area contributed by atoms with Gasteiger partial charge in [0, 0.05) is 19.6 Å². The van der Waals surface area contributed by atoms with Crippen LogP contribution in [0, 0.1) is 5.92 Å². The Morgan fingerprint density at radius 1 is 1.13 bits per heavy atom. The summed E-state index contributed by atoms with van der Waals surface area (Å²) >= 11 is 0. The molecule has 3 rings (SSSR count). The zero-order chi connectivity index (χ0) is 15.4. The summed E-state index contributed by atoms with van der Waals surface area (Å²) < 4.78 is 5.73. The lowest BCUT2D eigenvalue weighted by molar-refractivity contribution is -0.144.